The largest absolute Gasteiger partial charge is 0.488 e. The fourth-order valence-corrected chi connectivity index (χ4v) is 0.955. The van der Waals surface area contributed by atoms with Crippen molar-refractivity contribution in [1.29, 1.82) is 5.26 Å². The van der Waals surface area contributed by atoms with Crippen molar-refractivity contribution in [3.8, 4) is 11.8 Å². The van der Waals surface area contributed by atoms with Gasteiger partial charge in [-0.05, 0) is 18.6 Å². The van der Waals surface area contributed by atoms with Crippen molar-refractivity contribution in [2.45, 2.75) is 13.3 Å². The molecule has 0 saturated heterocycles. The van der Waals surface area contributed by atoms with Gasteiger partial charge in [-0.25, -0.2) is 8.78 Å². The molecular formula is C10H9F2NO. The smallest absolute Gasteiger partial charge is 0.192 e. The topological polar surface area (TPSA) is 33.0 Å². The highest BCUT2D eigenvalue weighted by molar-refractivity contribution is 5.39. The van der Waals surface area contributed by atoms with Crippen LogP contribution >= 0.6 is 0 Å². The van der Waals surface area contributed by atoms with Crippen LogP contribution in [0.15, 0.2) is 12.1 Å². The predicted molar refractivity (Wildman–Crippen MR) is 46.9 cm³/mol. The van der Waals surface area contributed by atoms with E-state index in [1.165, 1.54) is 0 Å². The Hall–Kier alpha value is -1.63. The van der Waals surface area contributed by atoms with Crippen LogP contribution in [0.3, 0.4) is 0 Å². The number of rotatable bonds is 3. The summed E-state index contributed by atoms with van der Waals surface area (Å²) in [5, 5.41) is 8.49. The first-order chi connectivity index (χ1) is 6.70. The summed E-state index contributed by atoms with van der Waals surface area (Å²) in [7, 11) is 0. The third-order valence-electron chi connectivity index (χ3n) is 1.62. The summed E-state index contributed by atoms with van der Waals surface area (Å²) in [4.78, 5) is 0. The van der Waals surface area contributed by atoms with Crippen LogP contribution in [0.2, 0.25) is 0 Å². The highest BCUT2D eigenvalue weighted by Crippen LogP contribution is 2.24. The molecule has 1 aromatic rings. The van der Waals surface area contributed by atoms with E-state index >= 15 is 0 Å². The number of benzene rings is 1. The number of hydrogen-bond acceptors (Lipinski definition) is 2. The lowest BCUT2D eigenvalue weighted by atomic mass is 10.2. The van der Waals surface area contributed by atoms with Crippen molar-refractivity contribution >= 4 is 0 Å². The number of ether oxygens (including phenoxy) is 1. The molecule has 1 rings (SSSR count). The Bertz CT molecular complexity index is 371. The van der Waals surface area contributed by atoms with Crippen LogP contribution in [0.25, 0.3) is 0 Å². The molecule has 4 heteroatoms. The van der Waals surface area contributed by atoms with Gasteiger partial charge >= 0.3 is 0 Å². The maximum absolute atomic E-state index is 13.3. The van der Waals surface area contributed by atoms with Crippen molar-refractivity contribution in [3.63, 3.8) is 0 Å². The van der Waals surface area contributed by atoms with E-state index in [4.69, 9.17) is 10.00 Å². The predicted octanol–water partition coefficient (Wildman–Crippen LogP) is 2.63. The van der Waals surface area contributed by atoms with Crippen LogP contribution in [0.1, 0.15) is 18.9 Å². The molecule has 0 aromatic heterocycles. The highest BCUT2D eigenvalue weighted by atomic mass is 19.1. The Morgan fingerprint density at radius 1 is 1.43 bits per heavy atom. The minimum Gasteiger partial charge on any atom is -0.488 e. The van der Waals surface area contributed by atoms with Gasteiger partial charge in [0.1, 0.15) is 6.07 Å². The lowest BCUT2D eigenvalue weighted by molar-refractivity contribution is 0.284. The van der Waals surface area contributed by atoms with E-state index in [1.54, 1.807) is 6.07 Å². The average Bonchev–Trinajstić information content (AvgIpc) is 2.18. The molecule has 0 fully saturated rings. The fourth-order valence-electron chi connectivity index (χ4n) is 0.955. The first-order valence-electron chi connectivity index (χ1n) is 4.21. The molecule has 0 amide bonds. The minimum absolute atomic E-state index is 0.211. The summed E-state index contributed by atoms with van der Waals surface area (Å²) < 4.78 is 31.1. The van der Waals surface area contributed by atoms with Crippen molar-refractivity contribution < 1.29 is 13.5 Å². The fraction of sp³-hybridized carbons (Fsp3) is 0.300. The Kier molecular flexibility index (Phi) is 3.41. The SMILES string of the molecule is CCCOc1c(F)ccc(C#N)c1F. The van der Waals surface area contributed by atoms with Crippen LogP contribution < -0.4 is 4.74 Å². The zero-order valence-corrected chi connectivity index (χ0v) is 7.68. The monoisotopic (exact) mass is 197 g/mol. The third-order valence-corrected chi connectivity index (χ3v) is 1.62. The third kappa shape index (κ3) is 1.99. The van der Waals surface area contributed by atoms with Gasteiger partial charge in [0.15, 0.2) is 17.4 Å². The quantitative estimate of drug-likeness (QED) is 0.746. The average molecular weight is 197 g/mol. The number of hydrogen-bond donors (Lipinski definition) is 0. The lowest BCUT2D eigenvalue weighted by Gasteiger charge is -2.07. The molecule has 1 aromatic carbocycles. The molecule has 0 unspecified atom stereocenters. The van der Waals surface area contributed by atoms with Gasteiger partial charge in [0.05, 0.1) is 12.2 Å². The maximum Gasteiger partial charge on any atom is 0.192 e. The van der Waals surface area contributed by atoms with E-state index < -0.39 is 17.4 Å². The molecule has 74 valence electrons. The second-order valence-electron chi connectivity index (χ2n) is 2.70. The van der Waals surface area contributed by atoms with Gasteiger partial charge in [-0.1, -0.05) is 6.92 Å². The van der Waals surface area contributed by atoms with E-state index in [0.29, 0.717) is 6.42 Å². The molecule has 2 nitrogen and oxygen atoms in total. The molecule has 0 atom stereocenters. The van der Waals surface area contributed by atoms with Gasteiger partial charge in [-0.2, -0.15) is 5.26 Å². The van der Waals surface area contributed by atoms with Gasteiger partial charge in [-0.15, -0.1) is 0 Å². The Labute approximate surface area is 80.7 Å². The molecule has 0 aliphatic heterocycles. The molecule has 0 N–H and O–H groups in total. The summed E-state index contributed by atoms with van der Waals surface area (Å²) in [6.45, 7) is 2.05. The standard InChI is InChI=1S/C10H9F2NO/c1-2-5-14-10-8(11)4-3-7(6-13)9(10)12/h3-4H,2,5H2,1H3. The molecule has 0 saturated carbocycles. The molecule has 0 heterocycles. The van der Waals surface area contributed by atoms with Crippen molar-refractivity contribution in [2.24, 2.45) is 0 Å². The summed E-state index contributed by atoms with van der Waals surface area (Å²) in [5.74, 6) is -2.18. The first kappa shape index (κ1) is 10.5. The summed E-state index contributed by atoms with van der Waals surface area (Å²) in [5.41, 5.74) is -0.211. The van der Waals surface area contributed by atoms with Crippen LogP contribution in [0, 0.1) is 23.0 Å². The lowest BCUT2D eigenvalue weighted by Crippen LogP contribution is -2.01. The normalized spacial score (nSPS) is 9.57. The first-order valence-corrected chi connectivity index (χ1v) is 4.21. The molecule has 0 bridgehead atoms. The van der Waals surface area contributed by atoms with Crippen LogP contribution in [0.5, 0.6) is 5.75 Å². The van der Waals surface area contributed by atoms with E-state index in [-0.39, 0.29) is 12.2 Å². The molecule has 0 aliphatic rings. The minimum atomic E-state index is -0.930. The van der Waals surface area contributed by atoms with E-state index in [2.05, 4.69) is 0 Å². The Morgan fingerprint density at radius 3 is 2.71 bits per heavy atom. The highest BCUT2D eigenvalue weighted by Gasteiger charge is 2.14. The molecular weight excluding hydrogens is 188 g/mol. The molecule has 0 aliphatic carbocycles. The van der Waals surface area contributed by atoms with Crippen LogP contribution in [-0.2, 0) is 0 Å². The zero-order valence-electron chi connectivity index (χ0n) is 7.68. The van der Waals surface area contributed by atoms with Gasteiger partial charge in [-0.3, -0.25) is 0 Å². The van der Waals surface area contributed by atoms with Crippen LogP contribution in [-0.4, -0.2) is 6.61 Å². The zero-order chi connectivity index (χ0) is 10.6. The van der Waals surface area contributed by atoms with Gasteiger partial charge in [0.25, 0.3) is 0 Å². The molecule has 0 spiro atoms. The van der Waals surface area contributed by atoms with Gasteiger partial charge in [0, 0.05) is 0 Å². The number of halogens is 2. The second kappa shape index (κ2) is 4.56. The van der Waals surface area contributed by atoms with Gasteiger partial charge in [0.2, 0.25) is 0 Å². The maximum atomic E-state index is 13.3. The van der Waals surface area contributed by atoms with E-state index in [9.17, 15) is 8.78 Å². The van der Waals surface area contributed by atoms with Crippen molar-refractivity contribution in [1.82, 2.24) is 0 Å². The number of nitrogens with zero attached hydrogens (tertiary/aromatic N) is 1. The molecule has 0 radical (unpaired) electrons. The molecule has 14 heavy (non-hydrogen) atoms. The van der Waals surface area contributed by atoms with Gasteiger partial charge < -0.3 is 4.74 Å². The summed E-state index contributed by atoms with van der Waals surface area (Å²) in [6, 6.07) is 3.72. The second-order valence-corrected chi connectivity index (χ2v) is 2.70. The van der Waals surface area contributed by atoms with Crippen molar-refractivity contribution in [3.05, 3.63) is 29.3 Å². The summed E-state index contributed by atoms with van der Waals surface area (Å²) >= 11 is 0. The van der Waals surface area contributed by atoms with E-state index in [1.807, 2.05) is 6.92 Å². The van der Waals surface area contributed by atoms with Crippen molar-refractivity contribution in [2.75, 3.05) is 6.61 Å². The Morgan fingerprint density at radius 2 is 2.14 bits per heavy atom. The van der Waals surface area contributed by atoms with E-state index in [0.717, 1.165) is 12.1 Å². The number of nitriles is 1. The summed E-state index contributed by atoms with van der Waals surface area (Å²) in [6.07, 6.45) is 0.648. The van der Waals surface area contributed by atoms with Crippen LogP contribution in [0.4, 0.5) is 8.78 Å². The Balaban J connectivity index is 3.07.